The van der Waals surface area contributed by atoms with Crippen LogP contribution in [0, 0.1) is 5.92 Å². The third-order valence-electron chi connectivity index (χ3n) is 3.98. The van der Waals surface area contributed by atoms with Crippen LogP contribution in [-0.2, 0) is 22.3 Å². The van der Waals surface area contributed by atoms with E-state index in [4.69, 9.17) is 0 Å². The highest BCUT2D eigenvalue weighted by atomic mass is 19.4. The molecule has 2 amide bonds. The van der Waals surface area contributed by atoms with Crippen molar-refractivity contribution in [2.45, 2.75) is 19.1 Å². The van der Waals surface area contributed by atoms with Crippen molar-refractivity contribution in [3.63, 3.8) is 0 Å². The van der Waals surface area contributed by atoms with E-state index < -0.39 is 17.7 Å². The van der Waals surface area contributed by atoms with Crippen LogP contribution in [0.15, 0.2) is 36.7 Å². The number of amides is 2. The molecular formula is C16H15F3N4O2. The van der Waals surface area contributed by atoms with Gasteiger partial charge in [-0.2, -0.15) is 18.3 Å². The van der Waals surface area contributed by atoms with Crippen molar-refractivity contribution in [1.82, 2.24) is 15.1 Å². The average molecular weight is 352 g/mol. The zero-order valence-corrected chi connectivity index (χ0v) is 13.0. The van der Waals surface area contributed by atoms with Crippen LogP contribution in [0.2, 0.25) is 0 Å². The molecule has 2 N–H and O–H groups in total. The summed E-state index contributed by atoms with van der Waals surface area (Å²) in [5, 5.41) is 8.90. The van der Waals surface area contributed by atoms with Gasteiger partial charge in [-0.25, -0.2) is 0 Å². The number of aromatic amines is 1. The van der Waals surface area contributed by atoms with E-state index in [-0.39, 0.29) is 31.3 Å². The molecule has 2 aromatic rings. The maximum absolute atomic E-state index is 12.8. The molecule has 25 heavy (non-hydrogen) atoms. The molecule has 1 aliphatic rings. The fraction of sp³-hybridized carbons (Fsp3) is 0.312. The minimum Gasteiger partial charge on any atom is -0.338 e. The summed E-state index contributed by atoms with van der Waals surface area (Å²) in [7, 11) is 0. The smallest absolute Gasteiger partial charge is 0.338 e. The number of hydrogen-bond acceptors (Lipinski definition) is 3. The van der Waals surface area contributed by atoms with E-state index in [1.54, 1.807) is 0 Å². The highest BCUT2D eigenvalue weighted by Gasteiger charge is 2.35. The van der Waals surface area contributed by atoms with Crippen LogP contribution in [0.25, 0.3) is 0 Å². The zero-order valence-electron chi connectivity index (χ0n) is 13.0. The number of likely N-dealkylation sites (tertiary alicyclic amines) is 1. The lowest BCUT2D eigenvalue weighted by Gasteiger charge is -2.17. The van der Waals surface area contributed by atoms with Crippen molar-refractivity contribution in [2.24, 2.45) is 5.92 Å². The Bertz CT molecular complexity index is 774. The second-order valence-electron chi connectivity index (χ2n) is 5.85. The first-order chi connectivity index (χ1) is 11.8. The topological polar surface area (TPSA) is 78.1 Å². The van der Waals surface area contributed by atoms with Gasteiger partial charge in [0.1, 0.15) is 0 Å². The maximum atomic E-state index is 12.8. The van der Waals surface area contributed by atoms with Gasteiger partial charge in [0.05, 0.1) is 23.4 Å². The summed E-state index contributed by atoms with van der Waals surface area (Å²) in [5.41, 5.74) is 0.110. The molecule has 9 heteroatoms. The van der Waals surface area contributed by atoms with Gasteiger partial charge in [-0.05, 0) is 17.7 Å². The van der Waals surface area contributed by atoms with Gasteiger partial charge in [0.25, 0.3) is 0 Å². The number of benzene rings is 1. The normalized spacial score (nSPS) is 17.8. The summed E-state index contributed by atoms with van der Waals surface area (Å²) in [6.07, 6.45) is -1.45. The molecule has 0 spiro atoms. The molecule has 1 aromatic carbocycles. The number of alkyl halides is 3. The summed E-state index contributed by atoms with van der Waals surface area (Å²) < 4.78 is 38.3. The molecule has 3 rings (SSSR count). The number of rotatable bonds is 4. The number of anilines is 1. The van der Waals surface area contributed by atoms with Gasteiger partial charge >= 0.3 is 6.18 Å². The number of H-pyrrole nitrogens is 1. The van der Waals surface area contributed by atoms with Crippen LogP contribution in [0.4, 0.5) is 18.9 Å². The Morgan fingerprint density at radius 3 is 2.88 bits per heavy atom. The Labute approximate surface area is 141 Å². The van der Waals surface area contributed by atoms with Crippen molar-refractivity contribution in [3.8, 4) is 0 Å². The van der Waals surface area contributed by atoms with Crippen LogP contribution in [0.3, 0.4) is 0 Å². The molecule has 6 nitrogen and oxygen atoms in total. The Morgan fingerprint density at radius 1 is 1.40 bits per heavy atom. The molecular weight excluding hydrogens is 337 g/mol. The first-order valence-electron chi connectivity index (χ1n) is 7.56. The summed E-state index contributed by atoms with van der Waals surface area (Å²) >= 11 is 0. The van der Waals surface area contributed by atoms with Crippen molar-refractivity contribution in [1.29, 1.82) is 0 Å². The van der Waals surface area contributed by atoms with Crippen LogP contribution >= 0.6 is 0 Å². The van der Waals surface area contributed by atoms with Crippen molar-refractivity contribution >= 4 is 17.5 Å². The van der Waals surface area contributed by atoms with Gasteiger partial charge in [-0.3, -0.25) is 14.7 Å². The van der Waals surface area contributed by atoms with Crippen molar-refractivity contribution in [2.75, 3.05) is 11.9 Å². The number of carbonyl (C=O) groups excluding carboxylic acids is 2. The minimum atomic E-state index is -4.43. The Morgan fingerprint density at radius 2 is 2.20 bits per heavy atom. The predicted molar refractivity (Wildman–Crippen MR) is 82.2 cm³/mol. The quantitative estimate of drug-likeness (QED) is 0.887. The summed E-state index contributed by atoms with van der Waals surface area (Å²) in [4.78, 5) is 25.6. The predicted octanol–water partition coefficient (Wildman–Crippen LogP) is 2.42. The monoisotopic (exact) mass is 352 g/mol. The molecule has 1 unspecified atom stereocenters. The van der Waals surface area contributed by atoms with E-state index >= 15 is 0 Å². The number of hydrogen-bond donors (Lipinski definition) is 2. The molecule has 1 atom stereocenters. The van der Waals surface area contributed by atoms with Gasteiger partial charge in [0, 0.05) is 25.7 Å². The molecule has 1 aromatic heterocycles. The van der Waals surface area contributed by atoms with Gasteiger partial charge < -0.3 is 10.2 Å². The minimum absolute atomic E-state index is 0.0304. The Hall–Kier alpha value is -2.84. The van der Waals surface area contributed by atoms with E-state index in [1.165, 1.54) is 29.4 Å². The SMILES string of the molecule is O=C(Nc1cn[nH]c1)C1CC(=O)N(Cc2cccc(C(F)(F)F)c2)C1. The molecule has 0 aliphatic carbocycles. The Balaban J connectivity index is 1.64. The van der Waals surface area contributed by atoms with E-state index in [0.717, 1.165) is 12.1 Å². The van der Waals surface area contributed by atoms with Crippen molar-refractivity contribution in [3.05, 3.63) is 47.8 Å². The third-order valence-corrected chi connectivity index (χ3v) is 3.98. The molecule has 2 heterocycles. The number of carbonyl (C=O) groups is 2. The highest BCUT2D eigenvalue weighted by Crippen LogP contribution is 2.30. The molecule has 0 radical (unpaired) electrons. The number of nitrogens with zero attached hydrogens (tertiary/aromatic N) is 2. The maximum Gasteiger partial charge on any atom is 0.416 e. The zero-order chi connectivity index (χ0) is 18.0. The Kier molecular flexibility index (Phi) is 4.47. The molecule has 1 saturated heterocycles. The van der Waals surface area contributed by atoms with Crippen LogP contribution in [-0.4, -0.2) is 33.5 Å². The van der Waals surface area contributed by atoms with Crippen molar-refractivity contribution < 1.29 is 22.8 Å². The van der Waals surface area contributed by atoms with E-state index in [1.807, 2.05) is 0 Å². The number of halogens is 3. The fourth-order valence-corrected chi connectivity index (χ4v) is 2.73. The summed E-state index contributed by atoms with van der Waals surface area (Å²) in [6, 6.07) is 4.84. The lowest BCUT2D eigenvalue weighted by molar-refractivity contribution is -0.137. The van der Waals surface area contributed by atoms with E-state index in [9.17, 15) is 22.8 Å². The molecule has 1 aliphatic heterocycles. The fourth-order valence-electron chi connectivity index (χ4n) is 2.73. The number of nitrogens with one attached hydrogen (secondary N) is 2. The van der Waals surface area contributed by atoms with Gasteiger partial charge in [0.15, 0.2) is 0 Å². The molecule has 132 valence electrons. The summed E-state index contributed by atoms with van der Waals surface area (Å²) in [5.74, 6) is -1.13. The van der Waals surface area contributed by atoms with Crippen LogP contribution in [0.5, 0.6) is 0 Å². The van der Waals surface area contributed by atoms with Gasteiger partial charge in [-0.1, -0.05) is 12.1 Å². The second-order valence-corrected chi connectivity index (χ2v) is 5.85. The largest absolute Gasteiger partial charge is 0.416 e. The lowest BCUT2D eigenvalue weighted by atomic mass is 10.1. The van der Waals surface area contributed by atoms with Gasteiger partial charge in [-0.15, -0.1) is 0 Å². The molecule has 0 bridgehead atoms. The summed E-state index contributed by atoms with van der Waals surface area (Å²) in [6.45, 7) is 0.205. The lowest BCUT2D eigenvalue weighted by Crippen LogP contribution is -2.28. The second kappa shape index (κ2) is 6.58. The first-order valence-corrected chi connectivity index (χ1v) is 7.56. The van der Waals surface area contributed by atoms with Crippen LogP contribution in [0.1, 0.15) is 17.5 Å². The standard InChI is InChI=1S/C16H15F3N4O2/c17-16(18,19)12-3-1-2-10(4-12)8-23-9-11(5-14(23)24)15(25)22-13-6-20-21-7-13/h1-4,6-7,11H,5,8-9H2,(H,20,21)(H,22,25). The highest BCUT2D eigenvalue weighted by molar-refractivity contribution is 5.97. The molecule has 0 saturated carbocycles. The third kappa shape index (κ3) is 3.98. The van der Waals surface area contributed by atoms with E-state index in [2.05, 4.69) is 15.5 Å². The first kappa shape index (κ1) is 17.0. The van der Waals surface area contributed by atoms with Gasteiger partial charge in [0.2, 0.25) is 11.8 Å². The molecule has 1 fully saturated rings. The van der Waals surface area contributed by atoms with E-state index in [0.29, 0.717) is 11.3 Å². The van der Waals surface area contributed by atoms with Crippen LogP contribution < -0.4 is 5.32 Å². The average Bonchev–Trinajstić information content (AvgIpc) is 3.17. The number of aromatic nitrogens is 2.